The summed E-state index contributed by atoms with van der Waals surface area (Å²) in [6, 6.07) is 24.6. The summed E-state index contributed by atoms with van der Waals surface area (Å²) in [4.78, 5) is 31.9. The maximum absolute atomic E-state index is 13.1. The van der Waals surface area contributed by atoms with Crippen LogP contribution in [0.1, 0.15) is 17.5 Å². The number of rotatable bonds is 4. The SMILES string of the molecule is Cc1ccc(C2=Nc3ccccc3N(CC(=O)Nc3ccccc3)C(=O)C2)cc1. The Labute approximate surface area is 169 Å². The highest BCUT2D eigenvalue weighted by atomic mass is 16.2. The minimum Gasteiger partial charge on any atom is -0.325 e. The smallest absolute Gasteiger partial charge is 0.244 e. The van der Waals surface area contributed by atoms with Crippen molar-refractivity contribution in [2.45, 2.75) is 13.3 Å². The minimum absolute atomic E-state index is 0.0680. The van der Waals surface area contributed by atoms with Gasteiger partial charge in [-0.3, -0.25) is 14.6 Å². The van der Waals surface area contributed by atoms with Crippen molar-refractivity contribution in [3.8, 4) is 0 Å². The van der Waals surface area contributed by atoms with E-state index in [2.05, 4.69) is 5.32 Å². The molecule has 2 amide bonds. The molecule has 0 atom stereocenters. The van der Waals surface area contributed by atoms with Crippen LogP contribution in [0.15, 0.2) is 83.9 Å². The largest absolute Gasteiger partial charge is 0.325 e. The number of nitrogens with zero attached hydrogens (tertiary/aromatic N) is 2. The second-order valence-corrected chi connectivity index (χ2v) is 6.98. The molecule has 0 unspecified atom stereocenters. The first-order valence-corrected chi connectivity index (χ1v) is 9.49. The van der Waals surface area contributed by atoms with Crippen molar-refractivity contribution in [3.63, 3.8) is 0 Å². The van der Waals surface area contributed by atoms with Gasteiger partial charge in [-0.05, 0) is 36.8 Å². The molecule has 144 valence electrons. The molecule has 0 radical (unpaired) electrons. The number of anilines is 2. The molecule has 0 fully saturated rings. The summed E-state index contributed by atoms with van der Waals surface area (Å²) < 4.78 is 0. The predicted molar refractivity (Wildman–Crippen MR) is 116 cm³/mol. The fourth-order valence-corrected chi connectivity index (χ4v) is 3.30. The first-order chi connectivity index (χ1) is 14.1. The number of carbonyl (C=O) groups excluding carboxylic acids is 2. The Morgan fingerprint density at radius 3 is 2.41 bits per heavy atom. The Bertz CT molecular complexity index is 1070. The van der Waals surface area contributed by atoms with E-state index in [9.17, 15) is 9.59 Å². The van der Waals surface area contributed by atoms with E-state index >= 15 is 0 Å². The maximum Gasteiger partial charge on any atom is 0.244 e. The van der Waals surface area contributed by atoms with E-state index in [1.54, 1.807) is 0 Å². The zero-order valence-corrected chi connectivity index (χ0v) is 16.1. The second-order valence-electron chi connectivity index (χ2n) is 6.98. The van der Waals surface area contributed by atoms with Crippen LogP contribution in [0.2, 0.25) is 0 Å². The highest BCUT2D eigenvalue weighted by Gasteiger charge is 2.26. The highest BCUT2D eigenvalue weighted by Crippen LogP contribution is 2.32. The van der Waals surface area contributed by atoms with E-state index in [4.69, 9.17) is 4.99 Å². The second kappa shape index (κ2) is 8.10. The molecule has 29 heavy (non-hydrogen) atoms. The van der Waals surface area contributed by atoms with E-state index < -0.39 is 0 Å². The van der Waals surface area contributed by atoms with E-state index in [0.29, 0.717) is 22.8 Å². The van der Waals surface area contributed by atoms with Gasteiger partial charge in [0.1, 0.15) is 6.54 Å². The average molecular weight is 383 g/mol. The van der Waals surface area contributed by atoms with E-state index in [-0.39, 0.29) is 24.8 Å². The lowest BCUT2D eigenvalue weighted by atomic mass is 10.1. The van der Waals surface area contributed by atoms with Gasteiger partial charge in [0.15, 0.2) is 0 Å². The summed E-state index contributed by atoms with van der Waals surface area (Å²) in [5.74, 6) is -0.407. The third-order valence-electron chi connectivity index (χ3n) is 4.79. The number of benzene rings is 3. The molecule has 0 spiro atoms. The lowest BCUT2D eigenvalue weighted by Crippen LogP contribution is -2.38. The molecule has 1 heterocycles. The standard InChI is InChI=1S/C24H21N3O2/c1-17-11-13-18(14-12-17)21-15-24(29)27(22-10-6-5-9-20(22)26-21)16-23(28)25-19-7-3-2-4-8-19/h2-14H,15-16H2,1H3,(H,25,28). The van der Waals surface area contributed by atoms with Gasteiger partial charge in [0, 0.05) is 5.69 Å². The zero-order chi connectivity index (χ0) is 20.2. The molecule has 5 nitrogen and oxygen atoms in total. The minimum atomic E-state index is -0.252. The number of fused-ring (bicyclic) bond motifs is 1. The van der Waals surface area contributed by atoms with Crippen LogP contribution in [-0.4, -0.2) is 24.1 Å². The monoisotopic (exact) mass is 383 g/mol. The third kappa shape index (κ3) is 4.24. The Morgan fingerprint density at radius 2 is 1.66 bits per heavy atom. The van der Waals surface area contributed by atoms with E-state index in [1.807, 2.05) is 85.8 Å². The number of hydrogen-bond donors (Lipinski definition) is 1. The molecule has 0 saturated heterocycles. The fourth-order valence-electron chi connectivity index (χ4n) is 3.30. The molecular formula is C24H21N3O2. The van der Waals surface area contributed by atoms with Crippen molar-refractivity contribution in [1.29, 1.82) is 0 Å². The summed E-state index contributed by atoms with van der Waals surface area (Å²) >= 11 is 0. The van der Waals surface area contributed by atoms with Crippen LogP contribution in [0.3, 0.4) is 0 Å². The molecule has 3 aromatic carbocycles. The number of para-hydroxylation sites is 3. The van der Waals surface area contributed by atoms with Gasteiger partial charge >= 0.3 is 0 Å². The van der Waals surface area contributed by atoms with E-state index in [1.165, 1.54) is 4.90 Å². The number of nitrogens with one attached hydrogen (secondary N) is 1. The van der Waals surface area contributed by atoms with Gasteiger partial charge in [0.2, 0.25) is 11.8 Å². The predicted octanol–water partition coefficient (Wildman–Crippen LogP) is 4.49. The molecule has 1 N–H and O–H groups in total. The normalized spacial score (nSPS) is 13.3. The number of aryl methyl sites for hydroxylation is 1. The van der Waals surface area contributed by atoms with Gasteiger partial charge < -0.3 is 10.2 Å². The van der Waals surface area contributed by atoms with Crippen LogP contribution < -0.4 is 10.2 Å². The van der Waals surface area contributed by atoms with Gasteiger partial charge in [-0.2, -0.15) is 0 Å². The molecular weight excluding hydrogens is 362 g/mol. The van der Waals surface area contributed by atoms with Crippen molar-refractivity contribution < 1.29 is 9.59 Å². The molecule has 4 rings (SSSR count). The molecule has 3 aromatic rings. The van der Waals surface area contributed by atoms with Crippen LogP contribution in [0.5, 0.6) is 0 Å². The summed E-state index contributed by atoms with van der Waals surface area (Å²) in [6.45, 7) is 1.95. The molecule has 0 aromatic heterocycles. The summed E-state index contributed by atoms with van der Waals surface area (Å²) in [5, 5.41) is 2.84. The number of carbonyl (C=O) groups is 2. The number of aliphatic imine (C=N–C) groups is 1. The Hall–Kier alpha value is -3.73. The van der Waals surface area contributed by atoms with Gasteiger partial charge in [-0.1, -0.05) is 60.2 Å². The van der Waals surface area contributed by atoms with Gasteiger partial charge in [0.05, 0.1) is 23.5 Å². The first-order valence-electron chi connectivity index (χ1n) is 9.49. The van der Waals surface area contributed by atoms with Crippen LogP contribution in [-0.2, 0) is 9.59 Å². The van der Waals surface area contributed by atoms with Gasteiger partial charge in [-0.15, -0.1) is 0 Å². The fraction of sp³-hybridized carbons (Fsp3) is 0.125. The third-order valence-corrected chi connectivity index (χ3v) is 4.79. The van der Waals surface area contributed by atoms with Crippen molar-refractivity contribution in [2.75, 3.05) is 16.8 Å². The van der Waals surface area contributed by atoms with Crippen LogP contribution in [0, 0.1) is 6.92 Å². The topological polar surface area (TPSA) is 61.8 Å². The first kappa shape index (κ1) is 18.6. The van der Waals surface area contributed by atoms with Crippen molar-refractivity contribution in [3.05, 3.63) is 90.0 Å². The zero-order valence-electron chi connectivity index (χ0n) is 16.1. The molecule has 5 heteroatoms. The Morgan fingerprint density at radius 1 is 0.966 bits per heavy atom. The highest BCUT2D eigenvalue weighted by molar-refractivity contribution is 6.19. The lowest BCUT2D eigenvalue weighted by molar-refractivity contribution is -0.120. The molecule has 0 saturated carbocycles. The van der Waals surface area contributed by atoms with Gasteiger partial charge in [-0.25, -0.2) is 0 Å². The Kier molecular flexibility index (Phi) is 5.20. The van der Waals surface area contributed by atoms with Gasteiger partial charge in [0.25, 0.3) is 0 Å². The molecule has 0 bridgehead atoms. The molecule has 1 aliphatic rings. The van der Waals surface area contributed by atoms with E-state index in [0.717, 1.165) is 11.1 Å². The van der Waals surface area contributed by atoms with Crippen molar-refractivity contribution in [1.82, 2.24) is 0 Å². The summed E-state index contributed by atoms with van der Waals surface area (Å²) in [5.41, 5.74) is 4.78. The Balaban J connectivity index is 1.62. The van der Waals surface area contributed by atoms with Crippen LogP contribution >= 0.6 is 0 Å². The number of amides is 2. The number of hydrogen-bond acceptors (Lipinski definition) is 3. The van der Waals surface area contributed by atoms with Crippen molar-refractivity contribution in [2.24, 2.45) is 4.99 Å². The molecule has 1 aliphatic heterocycles. The summed E-state index contributed by atoms with van der Waals surface area (Å²) in [7, 11) is 0. The quantitative estimate of drug-likeness (QED) is 0.721. The van der Waals surface area contributed by atoms with Crippen LogP contribution in [0.25, 0.3) is 0 Å². The summed E-state index contributed by atoms with van der Waals surface area (Å²) in [6.07, 6.45) is 0.135. The lowest BCUT2D eigenvalue weighted by Gasteiger charge is -2.21. The van der Waals surface area contributed by atoms with Crippen LogP contribution in [0.4, 0.5) is 17.1 Å². The maximum atomic E-state index is 13.1. The molecule has 0 aliphatic carbocycles. The van der Waals surface area contributed by atoms with Crippen molar-refractivity contribution >= 4 is 34.6 Å². The average Bonchev–Trinajstić information content (AvgIpc) is 2.86.